The monoisotopic (exact) mass is 777 g/mol. The van der Waals surface area contributed by atoms with E-state index in [1.54, 1.807) is 12.3 Å². The highest BCUT2D eigenvalue weighted by atomic mass is 28.4. The Labute approximate surface area is 322 Å². The number of nitrogens with zero attached hydrogens (tertiary/aromatic N) is 5. The van der Waals surface area contributed by atoms with Crippen LogP contribution in [0.3, 0.4) is 0 Å². The summed E-state index contributed by atoms with van der Waals surface area (Å²) in [6.45, 7) is 17.2. The summed E-state index contributed by atoms with van der Waals surface area (Å²) in [5.41, 5.74) is 1.24. The second-order valence-electron chi connectivity index (χ2n) is 16.8. The molecular formula is C42H54F3N5O4Si. The molecule has 0 unspecified atom stereocenters. The van der Waals surface area contributed by atoms with Crippen molar-refractivity contribution in [3.8, 4) is 23.0 Å². The normalized spacial score (nSPS) is 21.1. The third kappa shape index (κ3) is 6.93. The van der Waals surface area contributed by atoms with E-state index < -0.39 is 37.7 Å². The molecular weight excluding hydrogens is 724 g/mol. The van der Waals surface area contributed by atoms with E-state index in [0.29, 0.717) is 78.8 Å². The molecule has 3 saturated heterocycles. The molecule has 55 heavy (non-hydrogen) atoms. The van der Waals surface area contributed by atoms with Crippen molar-refractivity contribution in [2.75, 3.05) is 37.7 Å². The zero-order valence-corrected chi connectivity index (χ0v) is 34.1. The Morgan fingerprint density at radius 2 is 1.75 bits per heavy atom. The summed E-state index contributed by atoms with van der Waals surface area (Å²) in [5, 5.41) is 11.3. The lowest BCUT2D eigenvalue weighted by Crippen LogP contribution is -2.50. The highest BCUT2D eigenvalue weighted by molar-refractivity contribution is 6.78. The van der Waals surface area contributed by atoms with Gasteiger partial charge in [0.2, 0.25) is 0 Å². The summed E-state index contributed by atoms with van der Waals surface area (Å²) in [4.78, 5) is 30.0. The van der Waals surface area contributed by atoms with Crippen molar-refractivity contribution in [2.24, 2.45) is 5.92 Å². The molecule has 0 aliphatic carbocycles. The molecule has 9 nitrogen and oxygen atoms in total. The summed E-state index contributed by atoms with van der Waals surface area (Å²) >= 11 is 0. The fraction of sp³-hybridized carbons (Fsp3) is 0.571. The molecule has 3 aliphatic heterocycles. The number of aromatic nitrogens is 3. The van der Waals surface area contributed by atoms with Gasteiger partial charge in [0, 0.05) is 37.8 Å². The smallest absolute Gasteiger partial charge is 0.319 e. The highest BCUT2D eigenvalue weighted by Gasteiger charge is 2.50. The van der Waals surface area contributed by atoms with E-state index in [4.69, 9.17) is 19.1 Å². The lowest BCUT2D eigenvalue weighted by Gasteiger charge is -2.42. The lowest BCUT2D eigenvalue weighted by molar-refractivity contribution is -0.142. The van der Waals surface area contributed by atoms with Crippen molar-refractivity contribution >= 4 is 41.8 Å². The molecule has 0 radical (unpaired) electrons. The maximum Gasteiger partial charge on any atom is 0.319 e. The van der Waals surface area contributed by atoms with Crippen molar-refractivity contribution in [3.05, 3.63) is 47.7 Å². The van der Waals surface area contributed by atoms with Crippen molar-refractivity contribution in [1.82, 2.24) is 19.9 Å². The molecule has 0 saturated carbocycles. The Morgan fingerprint density at radius 1 is 1.04 bits per heavy atom. The Morgan fingerprint density at radius 3 is 2.40 bits per heavy atom. The molecule has 13 heteroatoms. The highest BCUT2D eigenvalue weighted by Crippen LogP contribution is 2.46. The lowest BCUT2D eigenvalue weighted by atomic mass is 9.94. The summed E-state index contributed by atoms with van der Waals surface area (Å²) in [7, 11) is -2.45. The number of fused-ring (bicyclic) bond motifs is 3. The molecule has 3 aliphatic rings. The van der Waals surface area contributed by atoms with Crippen LogP contribution in [0.15, 0.2) is 30.5 Å². The number of anilines is 1. The molecule has 3 fully saturated rings. The minimum Gasteiger partial charge on any atom is -0.543 e. The number of benzene rings is 2. The Bertz CT molecular complexity index is 2070. The number of piperidine rings is 1. The minimum absolute atomic E-state index is 0.00553. The number of aryl methyl sites for hydroxylation is 1. The number of halogens is 3. The Hall–Kier alpha value is -3.97. The average Bonchev–Trinajstić information content (AvgIpc) is 3.68. The number of pyridine rings is 1. The van der Waals surface area contributed by atoms with Crippen LogP contribution in [0.5, 0.6) is 11.8 Å². The van der Waals surface area contributed by atoms with Crippen LogP contribution >= 0.6 is 0 Å². The number of alkyl halides is 1. The van der Waals surface area contributed by atoms with Gasteiger partial charge in [0.25, 0.3) is 8.32 Å². The molecule has 0 bridgehead atoms. The molecule has 5 heterocycles. The van der Waals surface area contributed by atoms with E-state index in [2.05, 4.69) is 51.4 Å². The maximum absolute atomic E-state index is 17.5. The van der Waals surface area contributed by atoms with Gasteiger partial charge in [-0.3, -0.25) is 14.7 Å². The topological polar surface area (TPSA) is 101 Å². The zero-order chi connectivity index (χ0) is 39.4. The van der Waals surface area contributed by atoms with Crippen LogP contribution in [0.2, 0.25) is 16.6 Å². The van der Waals surface area contributed by atoms with Crippen molar-refractivity contribution < 1.29 is 32.2 Å². The molecule has 0 spiro atoms. The molecule has 1 N–H and O–H groups in total. The van der Waals surface area contributed by atoms with Crippen LogP contribution in [0.1, 0.15) is 86.1 Å². The first kappa shape index (κ1) is 39.3. The van der Waals surface area contributed by atoms with Gasteiger partial charge >= 0.3 is 12.0 Å². The van der Waals surface area contributed by atoms with E-state index in [-0.39, 0.29) is 46.3 Å². The summed E-state index contributed by atoms with van der Waals surface area (Å²) in [6.07, 6.45) is 3.87. The number of hydrogen-bond acceptors (Lipinski definition) is 8. The third-order valence-corrected chi connectivity index (χ3v) is 18.8. The number of rotatable bonds is 12. The molecule has 2 atom stereocenters. The number of carboxylic acid groups (broad SMARTS) is 1. The number of ether oxygens (including phenoxy) is 1. The number of aliphatic carboxylic acids is 1. The second-order valence-corrected chi connectivity index (χ2v) is 22.2. The SMILES string of the molecule is CCc1c(F)ccc2cc(O[Si](C(C)C)(C(C)C)C(C)C)cc(-c3ncc4c(N5CCC(C(=O)O)CC5)nc(OC[C@@]56CCCN5C[C@H](F)C6)nc4c3F)c12. The first-order valence-electron chi connectivity index (χ1n) is 20.0. The van der Waals surface area contributed by atoms with Crippen molar-refractivity contribution in [3.63, 3.8) is 0 Å². The van der Waals surface area contributed by atoms with Crippen LogP contribution in [-0.4, -0.2) is 83.7 Å². The van der Waals surface area contributed by atoms with Gasteiger partial charge < -0.3 is 19.2 Å². The Balaban J connectivity index is 1.39. The largest absolute Gasteiger partial charge is 0.543 e. The second kappa shape index (κ2) is 15.2. The minimum atomic E-state index is -2.45. The number of hydrogen-bond donors (Lipinski definition) is 1. The summed E-state index contributed by atoms with van der Waals surface area (Å²) < 4.78 is 61.1. The van der Waals surface area contributed by atoms with Crippen LogP contribution in [0.4, 0.5) is 19.0 Å². The van der Waals surface area contributed by atoms with Crippen LogP contribution in [0, 0.1) is 17.6 Å². The van der Waals surface area contributed by atoms with Gasteiger partial charge in [0.1, 0.15) is 41.4 Å². The van der Waals surface area contributed by atoms with Crippen LogP contribution in [0.25, 0.3) is 32.9 Å². The standard InChI is InChI=1S/C42H54F3N5O4Si/c1-8-31-34(44)11-10-28-18-30(54-55(24(2)3,25(4)5)26(6)7)19-32(35(28)31)37-36(45)38-33(21-46-37)39(49-16-12-27(13-17-49)40(51)52)48-41(47-38)53-23-42-14-9-15-50(42)22-29(43)20-42/h10-11,18-19,21,24-27,29H,8-9,12-17,20,22-23H2,1-7H3,(H,51,52)/t29-,42+/m1/s1. The number of carbonyl (C=O) groups is 1. The van der Waals surface area contributed by atoms with Gasteiger partial charge in [-0.15, -0.1) is 0 Å². The molecule has 7 rings (SSSR count). The first-order valence-corrected chi connectivity index (χ1v) is 22.1. The van der Waals surface area contributed by atoms with Gasteiger partial charge in [0.15, 0.2) is 5.82 Å². The average molecular weight is 778 g/mol. The zero-order valence-electron chi connectivity index (χ0n) is 33.1. The van der Waals surface area contributed by atoms with E-state index in [9.17, 15) is 14.3 Å². The van der Waals surface area contributed by atoms with E-state index >= 15 is 8.78 Å². The Kier molecular flexibility index (Phi) is 10.8. The predicted molar refractivity (Wildman–Crippen MR) is 212 cm³/mol. The molecule has 2 aromatic heterocycles. The summed E-state index contributed by atoms with van der Waals surface area (Å²) in [6, 6.07) is 6.88. The van der Waals surface area contributed by atoms with Gasteiger partial charge in [-0.1, -0.05) is 54.5 Å². The fourth-order valence-corrected chi connectivity index (χ4v) is 15.4. The first-order chi connectivity index (χ1) is 26.2. The van der Waals surface area contributed by atoms with Crippen molar-refractivity contribution in [1.29, 1.82) is 0 Å². The molecule has 296 valence electrons. The van der Waals surface area contributed by atoms with E-state index in [1.165, 1.54) is 6.07 Å². The van der Waals surface area contributed by atoms with E-state index in [0.717, 1.165) is 24.8 Å². The van der Waals surface area contributed by atoms with Gasteiger partial charge in [-0.25, -0.2) is 13.2 Å². The van der Waals surface area contributed by atoms with E-state index in [1.807, 2.05) is 24.0 Å². The van der Waals surface area contributed by atoms with Crippen LogP contribution in [-0.2, 0) is 11.2 Å². The summed E-state index contributed by atoms with van der Waals surface area (Å²) in [5.74, 6) is -1.41. The third-order valence-electron chi connectivity index (χ3n) is 12.8. The van der Waals surface area contributed by atoms with Gasteiger partial charge in [-0.05, 0) is 89.8 Å². The fourth-order valence-electron chi connectivity index (χ4n) is 10.1. The molecule has 0 amide bonds. The predicted octanol–water partition coefficient (Wildman–Crippen LogP) is 9.50. The van der Waals surface area contributed by atoms with Crippen molar-refractivity contribution in [2.45, 2.75) is 115 Å². The number of carboxylic acids is 1. The van der Waals surface area contributed by atoms with Gasteiger partial charge in [0.05, 0.1) is 16.8 Å². The molecule has 2 aromatic carbocycles. The van der Waals surface area contributed by atoms with Gasteiger partial charge in [-0.2, -0.15) is 9.97 Å². The van der Waals surface area contributed by atoms with Crippen LogP contribution < -0.4 is 14.1 Å². The maximum atomic E-state index is 17.5. The quantitative estimate of drug-likeness (QED) is 0.141. The molecule has 4 aromatic rings.